The Kier molecular flexibility index (Phi) is 4.25. The molecule has 0 aliphatic carbocycles. The quantitative estimate of drug-likeness (QED) is 0.905. The van der Waals surface area contributed by atoms with Crippen molar-refractivity contribution in [2.75, 3.05) is 20.1 Å². The van der Waals surface area contributed by atoms with E-state index >= 15 is 0 Å². The first-order valence-electron chi connectivity index (χ1n) is 7.15. The van der Waals surface area contributed by atoms with E-state index in [9.17, 15) is 4.79 Å². The van der Waals surface area contributed by atoms with Crippen molar-refractivity contribution in [3.63, 3.8) is 0 Å². The molecule has 3 heteroatoms. The van der Waals surface area contributed by atoms with Gasteiger partial charge < -0.3 is 10.2 Å². The van der Waals surface area contributed by atoms with Gasteiger partial charge in [0.25, 0.3) is 5.91 Å². The maximum absolute atomic E-state index is 12.4. The number of nitrogens with zero attached hydrogens (tertiary/aromatic N) is 1. The Morgan fingerprint density at radius 2 is 1.84 bits per heavy atom. The molecule has 1 heterocycles. The number of hydrogen-bond acceptors (Lipinski definition) is 2. The number of likely N-dealkylation sites (tertiary alicyclic amines) is 1. The van der Waals surface area contributed by atoms with Gasteiger partial charge >= 0.3 is 0 Å². The number of nitrogens with one attached hydrogen (secondary N) is 1. The Bertz CT molecular complexity index is 431. The molecule has 2 rings (SSSR count). The molecule has 1 aliphatic rings. The summed E-state index contributed by atoms with van der Waals surface area (Å²) in [6.45, 7) is 6.03. The molecule has 0 spiro atoms. The van der Waals surface area contributed by atoms with E-state index in [4.69, 9.17) is 0 Å². The van der Waals surface area contributed by atoms with Crippen LogP contribution in [0.5, 0.6) is 0 Å². The summed E-state index contributed by atoms with van der Waals surface area (Å²) < 4.78 is 0. The number of piperidine rings is 1. The molecule has 0 atom stereocenters. The maximum atomic E-state index is 12.4. The molecule has 0 unspecified atom stereocenters. The van der Waals surface area contributed by atoms with Crippen LogP contribution in [0.1, 0.15) is 42.6 Å². The van der Waals surface area contributed by atoms with Crippen LogP contribution in [0.2, 0.25) is 0 Å². The lowest BCUT2D eigenvalue weighted by Crippen LogP contribution is -2.51. The number of rotatable bonds is 3. The number of benzene rings is 1. The van der Waals surface area contributed by atoms with Gasteiger partial charge in [-0.15, -0.1) is 0 Å². The monoisotopic (exact) mass is 260 g/mol. The van der Waals surface area contributed by atoms with Crippen molar-refractivity contribution in [2.45, 2.75) is 38.6 Å². The van der Waals surface area contributed by atoms with Crippen LogP contribution in [0.15, 0.2) is 24.3 Å². The van der Waals surface area contributed by atoms with Crippen molar-refractivity contribution in [3.05, 3.63) is 35.4 Å². The standard InChI is InChI=1S/C16H24N2O/c1-4-13-5-7-14(8-6-13)15(19)18-11-9-16(2,17-3)10-12-18/h5-8,17H,4,9-12H2,1-3H3. The summed E-state index contributed by atoms with van der Waals surface area (Å²) in [6.07, 6.45) is 3.04. The van der Waals surface area contributed by atoms with Crippen molar-refractivity contribution in [3.8, 4) is 0 Å². The highest BCUT2D eigenvalue weighted by Gasteiger charge is 2.30. The maximum Gasteiger partial charge on any atom is 0.253 e. The Labute approximate surface area is 116 Å². The number of aryl methyl sites for hydroxylation is 1. The minimum Gasteiger partial charge on any atom is -0.339 e. The van der Waals surface area contributed by atoms with Gasteiger partial charge in [0.15, 0.2) is 0 Å². The molecule has 1 N–H and O–H groups in total. The van der Waals surface area contributed by atoms with E-state index in [0.29, 0.717) is 0 Å². The van der Waals surface area contributed by atoms with Gasteiger partial charge in [0.05, 0.1) is 0 Å². The highest BCUT2D eigenvalue weighted by molar-refractivity contribution is 5.94. The summed E-state index contributed by atoms with van der Waals surface area (Å²) in [7, 11) is 2.00. The highest BCUT2D eigenvalue weighted by atomic mass is 16.2. The second-order valence-corrected chi connectivity index (χ2v) is 5.65. The highest BCUT2D eigenvalue weighted by Crippen LogP contribution is 2.22. The Morgan fingerprint density at radius 3 is 2.32 bits per heavy atom. The average Bonchev–Trinajstić information content (AvgIpc) is 2.47. The molecule has 1 aromatic carbocycles. The number of carbonyl (C=O) groups is 1. The van der Waals surface area contributed by atoms with Crippen molar-refractivity contribution < 1.29 is 4.79 Å². The summed E-state index contributed by atoms with van der Waals surface area (Å²) in [6, 6.07) is 8.00. The lowest BCUT2D eigenvalue weighted by Gasteiger charge is -2.39. The molecule has 0 radical (unpaired) electrons. The molecule has 1 aliphatic heterocycles. The van der Waals surface area contributed by atoms with E-state index in [1.165, 1.54) is 5.56 Å². The Hall–Kier alpha value is -1.35. The first-order valence-corrected chi connectivity index (χ1v) is 7.15. The molecule has 1 amide bonds. The second-order valence-electron chi connectivity index (χ2n) is 5.65. The molecule has 1 fully saturated rings. The van der Waals surface area contributed by atoms with E-state index in [2.05, 4.69) is 31.3 Å². The molecule has 104 valence electrons. The SMILES string of the molecule is CCc1ccc(C(=O)N2CCC(C)(NC)CC2)cc1. The molecule has 3 nitrogen and oxygen atoms in total. The Balaban J connectivity index is 2.00. The van der Waals surface area contributed by atoms with Gasteiger partial charge in [0, 0.05) is 24.2 Å². The molecular formula is C16H24N2O. The van der Waals surface area contributed by atoms with Crippen LogP contribution in [0, 0.1) is 0 Å². The van der Waals surface area contributed by atoms with E-state index in [1.807, 2.05) is 24.1 Å². The predicted octanol–water partition coefficient (Wildman–Crippen LogP) is 2.46. The number of amides is 1. The van der Waals surface area contributed by atoms with E-state index in [1.54, 1.807) is 0 Å². The normalized spacial score (nSPS) is 18.4. The first kappa shape index (κ1) is 14.1. The summed E-state index contributed by atoms with van der Waals surface area (Å²) in [4.78, 5) is 14.4. The molecule has 1 aromatic rings. The van der Waals surface area contributed by atoms with Gasteiger partial charge in [0.2, 0.25) is 0 Å². The Morgan fingerprint density at radius 1 is 1.26 bits per heavy atom. The van der Waals surface area contributed by atoms with Crippen LogP contribution in [-0.4, -0.2) is 36.5 Å². The van der Waals surface area contributed by atoms with Crippen LogP contribution < -0.4 is 5.32 Å². The summed E-state index contributed by atoms with van der Waals surface area (Å²) in [5, 5.41) is 3.36. The zero-order chi connectivity index (χ0) is 13.9. The third-order valence-electron chi connectivity index (χ3n) is 4.37. The summed E-state index contributed by atoms with van der Waals surface area (Å²) in [5.41, 5.74) is 2.27. The third kappa shape index (κ3) is 3.16. The van der Waals surface area contributed by atoms with Gasteiger partial charge in [-0.2, -0.15) is 0 Å². The lowest BCUT2D eigenvalue weighted by atomic mass is 9.89. The van der Waals surface area contributed by atoms with Gasteiger partial charge in [-0.3, -0.25) is 4.79 Å². The fourth-order valence-corrected chi connectivity index (χ4v) is 2.52. The second kappa shape index (κ2) is 5.74. The van der Waals surface area contributed by atoms with Crippen molar-refractivity contribution in [1.82, 2.24) is 10.2 Å². The van der Waals surface area contributed by atoms with Crippen LogP contribution in [0.25, 0.3) is 0 Å². The average molecular weight is 260 g/mol. The van der Waals surface area contributed by atoms with Gasteiger partial charge in [-0.25, -0.2) is 0 Å². The zero-order valence-corrected chi connectivity index (χ0v) is 12.2. The third-order valence-corrected chi connectivity index (χ3v) is 4.37. The van der Waals surface area contributed by atoms with Crippen molar-refractivity contribution >= 4 is 5.91 Å². The van der Waals surface area contributed by atoms with Crippen LogP contribution in [0.3, 0.4) is 0 Å². The minimum absolute atomic E-state index is 0.167. The fourth-order valence-electron chi connectivity index (χ4n) is 2.52. The molecule has 0 saturated carbocycles. The number of carbonyl (C=O) groups excluding carboxylic acids is 1. The van der Waals surface area contributed by atoms with E-state index < -0.39 is 0 Å². The molecule has 0 bridgehead atoms. The van der Waals surface area contributed by atoms with Crippen LogP contribution in [0.4, 0.5) is 0 Å². The van der Waals surface area contributed by atoms with Gasteiger partial charge in [-0.05, 0) is 50.9 Å². The lowest BCUT2D eigenvalue weighted by molar-refractivity contribution is 0.0662. The first-order chi connectivity index (χ1) is 9.08. The van der Waals surface area contributed by atoms with Crippen LogP contribution >= 0.6 is 0 Å². The molecule has 0 aromatic heterocycles. The molecule has 1 saturated heterocycles. The van der Waals surface area contributed by atoms with Crippen molar-refractivity contribution in [1.29, 1.82) is 0 Å². The van der Waals surface area contributed by atoms with Gasteiger partial charge in [-0.1, -0.05) is 19.1 Å². The van der Waals surface area contributed by atoms with Gasteiger partial charge in [0.1, 0.15) is 0 Å². The predicted molar refractivity (Wildman–Crippen MR) is 78.4 cm³/mol. The fraction of sp³-hybridized carbons (Fsp3) is 0.562. The van der Waals surface area contributed by atoms with E-state index in [0.717, 1.165) is 37.9 Å². The van der Waals surface area contributed by atoms with Crippen LogP contribution in [-0.2, 0) is 6.42 Å². The zero-order valence-electron chi connectivity index (χ0n) is 12.2. The number of hydrogen-bond donors (Lipinski definition) is 1. The minimum atomic E-state index is 0.167. The van der Waals surface area contributed by atoms with Crippen molar-refractivity contribution in [2.24, 2.45) is 0 Å². The van der Waals surface area contributed by atoms with E-state index in [-0.39, 0.29) is 11.4 Å². The summed E-state index contributed by atoms with van der Waals surface area (Å²) >= 11 is 0. The largest absolute Gasteiger partial charge is 0.339 e. The molecule has 19 heavy (non-hydrogen) atoms. The topological polar surface area (TPSA) is 32.3 Å². The molecular weight excluding hydrogens is 236 g/mol. The smallest absolute Gasteiger partial charge is 0.253 e. The summed E-state index contributed by atoms with van der Waals surface area (Å²) in [5.74, 6) is 0.167.